The van der Waals surface area contributed by atoms with Crippen molar-refractivity contribution in [1.82, 2.24) is 4.98 Å². The molecule has 0 saturated carbocycles. The summed E-state index contributed by atoms with van der Waals surface area (Å²) in [7, 11) is 0. The Kier molecular flexibility index (Phi) is 5.37. The van der Waals surface area contributed by atoms with Gasteiger partial charge in [0.2, 0.25) is 0 Å². The van der Waals surface area contributed by atoms with Crippen LogP contribution in [0.1, 0.15) is 49.2 Å². The van der Waals surface area contributed by atoms with Crippen LogP contribution in [0.15, 0.2) is 24.3 Å². The topological polar surface area (TPSA) is 36.4 Å². The molecule has 1 unspecified atom stereocenters. The average Bonchev–Trinajstić information content (AvgIpc) is 2.93. The smallest absolute Gasteiger partial charge is 0.190 e. The predicted octanol–water partition coefficient (Wildman–Crippen LogP) is 4.62. The van der Waals surface area contributed by atoms with E-state index in [0.717, 1.165) is 28.7 Å². The van der Waals surface area contributed by atoms with E-state index in [4.69, 9.17) is 4.98 Å². The van der Waals surface area contributed by atoms with E-state index in [1.165, 1.54) is 11.3 Å². The fourth-order valence-corrected chi connectivity index (χ4v) is 3.55. The first-order valence-electron chi connectivity index (χ1n) is 7.55. The van der Waals surface area contributed by atoms with Gasteiger partial charge in [0.25, 0.3) is 0 Å². The maximum Gasteiger partial charge on any atom is 0.190 e. The molecule has 1 heterocycles. The van der Waals surface area contributed by atoms with E-state index in [1.807, 2.05) is 0 Å². The monoisotopic (exact) mass is 304 g/mol. The summed E-state index contributed by atoms with van der Waals surface area (Å²) in [6.07, 6.45) is 1.03. The van der Waals surface area contributed by atoms with Crippen molar-refractivity contribution in [2.75, 3.05) is 11.4 Å². The molecule has 0 radical (unpaired) electrons. The van der Waals surface area contributed by atoms with Crippen molar-refractivity contribution in [3.8, 4) is 0 Å². The molecule has 1 aromatic heterocycles. The lowest BCUT2D eigenvalue weighted by Crippen LogP contribution is -2.17. The molecule has 3 nitrogen and oxygen atoms in total. The molecule has 0 fully saturated rings. The van der Waals surface area contributed by atoms with Crippen LogP contribution < -0.4 is 4.90 Å². The number of aliphatic hydroxyl groups excluding tert-OH is 1. The Balaban J connectivity index is 2.44. The minimum absolute atomic E-state index is 0.0721. The van der Waals surface area contributed by atoms with Crippen molar-refractivity contribution in [2.45, 2.75) is 46.6 Å². The maximum absolute atomic E-state index is 9.61. The Morgan fingerprint density at radius 3 is 2.57 bits per heavy atom. The summed E-state index contributed by atoms with van der Waals surface area (Å²) in [5.74, 6) is 0.382. The number of benzene rings is 1. The third-order valence-corrected chi connectivity index (χ3v) is 4.97. The summed E-state index contributed by atoms with van der Waals surface area (Å²) in [6.45, 7) is 9.52. The van der Waals surface area contributed by atoms with Gasteiger partial charge < -0.3 is 10.0 Å². The van der Waals surface area contributed by atoms with E-state index < -0.39 is 0 Å². The highest BCUT2D eigenvalue weighted by Crippen LogP contribution is 2.36. The summed E-state index contributed by atoms with van der Waals surface area (Å²) in [5.41, 5.74) is 3.48. The Labute approximate surface area is 131 Å². The number of hydrogen-bond donors (Lipinski definition) is 1. The zero-order valence-electron chi connectivity index (χ0n) is 13.3. The Hall–Kier alpha value is -1.39. The first-order chi connectivity index (χ1) is 10.1. The van der Waals surface area contributed by atoms with Crippen LogP contribution in [0.25, 0.3) is 0 Å². The van der Waals surface area contributed by atoms with Gasteiger partial charge >= 0.3 is 0 Å². The van der Waals surface area contributed by atoms with Gasteiger partial charge in [0.1, 0.15) is 0 Å². The number of thiazole rings is 1. The van der Waals surface area contributed by atoms with Crippen LogP contribution in [0.3, 0.4) is 0 Å². The summed E-state index contributed by atoms with van der Waals surface area (Å²) in [6, 6.07) is 8.36. The number of aromatic nitrogens is 1. The van der Waals surface area contributed by atoms with Crippen molar-refractivity contribution in [2.24, 2.45) is 0 Å². The quantitative estimate of drug-likeness (QED) is 0.846. The third kappa shape index (κ3) is 3.27. The maximum atomic E-state index is 9.61. The first kappa shape index (κ1) is 16.0. The van der Waals surface area contributed by atoms with Gasteiger partial charge in [-0.3, -0.25) is 0 Å². The molecule has 1 N–H and O–H groups in total. The highest BCUT2D eigenvalue weighted by Gasteiger charge is 2.20. The predicted molar refractivity (Wildman–Crippen MR) is 90.6 cm³/mol. The van der Waals surface area contributed by atoms with E-state index in [1.54, 1.807) is 11.3 Å². The lowest BCUT2D eigenvalue weighted by atomic mass is 10.0. The highest BCUT2D eigenvalue weighted by atomic mass is 32.1. The van der Waals surface area contributed by atoms with Gasteiger partial charge in [-0.05, 0) is 37.8 Å². The number of rotatable bonds is 6. The summed E-state index contributed by atoms with van der Waals surface area (Å²) >= 11 is 1.60. The Bertz CT molecular complexity index is 594. The van der Waals surface area contributed by atoms with Crippen molar-refractivity contribution >= 4 is 22.2 Å². The molecular formula is C17H24N2OS. The average molecular weight is 304 g/mol. The molecular weight excluding hydrogens is 280 g/mol. The van der Waals surface area contributed by atoms with Crippen molar-refractivity contribution in [3.05, 3.63) is 40.4 Å². The normalized spacial score (nSPS) is 12.4. The van der Waals surface area contributed by atoms with Crippen molar-refractivity contribution in [3.63, 3.8) is 0 Å². The second-order valence-electron chi connectivity index (χ2n) is 5.30. The van der Waals surface area contributed by atoms with Crippen LogP contribution in [0, 0.1) is 6.92 Å². The zero-order chi connectivity index (χ0) is 15.4. The molecule has 4 heteroatoms. The molecule has 1 aromatic carbocycles. The molecule has 2 aromatic rings. The molecule has 0 aliphatic heterocycles. The summed E-state index contributed by atoms with van der Waals surface area (Å²) < 4.78 is 0. The largest absolute Gasteiger partial charge is 0.391 e. The lowest BCUT2D eigenvalue weighted by molar-refractivity contribution is 0.283. The molecule has 0 aliphatic rings. The minimum Gasteiger partial charge on any atom is -0.391 e. The number of hydrogen-bond acceptors (Lipinski definition) is 4. The van der Waals surface area contributed by atoms with Crippen LogP contribution in [0.4, 0.5) is 10.8 Å². The van der Waals surface area contributed by atoms with Crippen molar-refractivity contribution < 1.29 is 5.11 Å². The second-order valence-corrected chi connectivity index (χ2v) is 6.37. The molecule has 0 aliphatic carbocycles. The number of aryl methyl sites for hydroxylation is 1. The summed E-state index contributed by atoms with van der Waals surface area (Å²) in [5, 5.41) is 10.6. The molecule has 21 heavy (non-hydrogen) atoms. The van der Waals surface area contributed by atoms with E-state index in [-0.39, 0.29) is 6.61 Å². The fraction of sp³-hybridized carbons (Fsp3) is 0.471. The highest BCUT2D eigenvalue weighted by molar-refractivity contribution is 7.15. The molecule has 114 valence electrons. The summed E-state index contributed by atoms with van der Waals surface area (Å²) in [4.78, 5) is 8.04. The van der Waals surface area contributed by atoms with Crippen molar-refractivity contribution in [1.29, 1.82) is 0 Å². The Morgan fingerprint density at radius 1 is 1.29 bits per heavy atom. The minimum atomic E-state index is 0.0721. The van der Waals surface area contributed by atoms with Gasteiger partial charge in [-0.1, -0.05) is 43.4 Å². The van der Waals surface area contributed by atoms with E-state index in [9.17, 15) is 5.11 Å². The van der Waals surface area contributed by atoms with Gasteiger partial charge in [0.15, 0.2) is 5.13 Å². The van der Waals surface area contributed by atoms with Gasteiger partial charge in [0.05, 0.1) is 17.2 Å². The van der Waals surface area contributed by atoms with Crippen LogP contribution in [-0.2, 0) is 6.61 Å². The Morgan fingerprint density at radius 2 is 2.00 bits per heavy atom. The first-order valence-corrected chi connectivity index (χ1v) is 8.37. The molecule has 0 saturated heterocycles. The third-order valence-electron chi connectivity index (χ3n) is 3.89. The number of anilines is 2. The molecule has 1 atom stereocenters. The van der Waals surface area contributed by atoms with Gasteiger partial charge in [-0.15, -0.1) is 0 Å². The van der Waals surface area contributed by atoms with E-state index >= 15 is 0 Å². The SMILES string of the molecule is CCC(C)c1nc(N(CC)c2ccccc2C)sc1CO. The van der Waals surface area contributed by atoms with Gasteiger partial charge in [-0.2, -0.15) is 0 Å². The molecule has 0 spiro atoms. The van der Waals surface area contributed by atoms with Crippen LogP contribution in [0.5, 0.6) is 0 Å². The lowest BCUT2D eigenvalue weighted by Gasteiger charge is -2.22. The number of aliphatic hydroxyl groups is 1. The number of nitrogens with zero attached hydrogens (tertiary/aromatic N) is 2. The van der Waals surface area contributed by atoms with Crippen LogP contribution in [0.2, 0.25) is 0 Å². The number of para-hydroxylation sites is 1. The standard InChI is InChI=1S/C17H24N2OS/c1-5-12(3)16-15(11-20)21-17(18-16)19(6-2)14-10-8-7-9-13(14)4/h7-10,12,20H,5-6,11H2,1-4H3. The molecule has 2 rings (SSSR count). The van der Waals surface area contributed by atoms with Crippen LogP contribution in [-0.4, -0.2) is 16.6 Å². The van der Waals surface area contributed by atoms with Gasteiger partial charge in [-0.25, -0.2) is 4.98 Å². The second kappa shape index (κ2) is 7.05. The van der Waals surface area contributed by atoms with Gasteiger partial charge in [0, 0.05) is 12.2 Å². The van der Waals surface area contributed by atoms with Crippen LogP contribution >= 0.6 is 11.3 Å². The zero-order valence-corrected chi connectivity index (χ0v) is 14.1. The van der Waals surface area contributed by atoms with E-state index in [0.29, 0.717) is 5.92 Å². The molecule has 0 bridgehead atoms. The molecule has 0 amide bonds. The van der Waals surface area contributed by atoms with E-state index in [2.05, 4.69) is 56.9 Å². The fourth-order valence-electron chi connectivity index (χ4n) is 2.43.